The molecule has 1 atom stereocenters. The van der Waals surface area contributed by atoms with Crippen LogP contribution in [0.15, 0.2) is 42.5 Å². The zero-order chi connectivity index (χ0) is 22.4. The Morgan fingerprint density at radius 2 is 1.87 bits per heavy atom. The highest BCUT2D eigenvalue weighted by Gasteiger charge is 2.20. The van der Waals surface area contributed by atoms with E-state index in [1.165, 1.54) is 0 Å². The van der Waals surface area contributed by atoms with Crippen LogP contribution in [0.2, 0.25) is 0 Å². The van der Waals surface area contributed by atoms with Crippen molar-refractivity contribution in [1.82, 2.24) is 5.32 Å². The maximum atomic E-state index is 12.4. The topological polar surface area (TPSA) is 146 Å². The fourth-order valence-corrected chi connectivity index (χ4v) is 3.11. The summed E-state index contributed by atoms with van der Waals surface area (Å²) in [5.74, 6) is -0.237. The van der Waals surface area contributed by atoms with Crippen LogP contribution in [0.25, 0.3) is 0 Å². The maximum absolute atomic E-state index is 12.4. The van der Waals surface area contributed by atoms with Gasteiger partial charge in [-0.1, -0.05) is 6.07 Å². The lowest BCUT2D eigenvalue weighted by atomic mass is 10.1. The molecule has 1 amide bonds. The quantitative estimate of drug-likeness (QED) is 0.372. The number of benzene rings is 2. The van der Waals surface area contributed by atoms with Crippen LogP contribution in [0.1, 0.15) is 23.2 Å². The lowest BCUT2D eigenvalue weighted by Crippen LogP contribution is -2.34. The van der Waals surface area contributed by atoms with Gasteiger partial charge < -0.3 is 14.8 Å². The van der Waals surface area contributed by atoms with Crippen LogP contribution in [0.3, 0.4) is 0 Å². The number of nitrogens with one attached hydrogen (secondary N) is 2. The third-order valence-corrected chi connectivity index (χ3v) is 4.57. The monoisotopic (exact) mass is 446 g/mol. The number of thiocarbonyl (C=S) groups is 1. The summed E-state index contributed by atoms with van der Waals surface area (Å²) in [4.78, 5) is 32.7. The van der Waals surface area contributed by atoms with E-state index < -0.39 is 27.1 Å². The Balaban J connectivity index is 1.62. The average Bonchev–Trinajstić information content (AvgIpc) is 3.25. The SMILES string of the molecule is O=C(NC(=S)Nc1cccc(OCC2CCCO2)c1)c1cc([N+](=O)[O-])cc([N+](=O)[O-])c1. The Morgan fingerprint density at radius 3 is 2.48 bits per heavy atom. The van der Waals surface area contributed by atoms with Crippen LogP contribution >= 0.6 is 12.2 Å². The Labute approximate surface area is 181 Å². The minimum Gasteiger partial charge on any atom is -0.491 e. The van der Waals surface area contributed by atoms with E-state index in [-0.39, 0.29) is 16.8 Å². The third-order valence-electron chi connectivity index (χ3n) is 4.37. The summed E-state index contributed by atoms with van der Waals surface area (Å²) in [6.45, 7) is 1.16. The van der Waals surface area contributed by atoms with Gasteiger partial charge in [0.1, 0.15) is 12.4 Å². The summed E-state index contributed by atoms with van der Waals surface area (Å²) in [5.41, 5.74) is -0.873. The average molecular weight is 446 g/mol. The Morgan fingerprint density at radius 1 is 1.16 bits per heavy atom. The Bertz CT molecular complexity index is 992. The fraction of sp³-hybridized carbons (Fsp3) is 0.263. The molecule has 2 N–H and O–H groups in total. The first kappa shape index (κ1) is 22.1. The molecule has 1 fully saturated rings. The first-order chi connectivity index (χ1) is 14.8. The van der Waals surface area contributed by atoms with Gasteiger partial charge in [-0.3, -0.25) is 30.3 Å². The van der Waals surface area contributed by atoms with Crippen molar-refractivity contribution in [2.75, 3.05) is 18.5 Å². The number of carbonyl (C=O) groups is 1. The van der Waals surface area contributed by atoms with Gasteiger partial charge in [-0.25, -0.2) is 0 Å². The standard InChI is InChI=1S/C19H18N4O7S/c24-18(12-7-14(22(25)26)10-15(8-12)23(27)28)21-19(31)20-13-3-1-4-16(9-13)30-11-17-5-2-6-29-17/h1,3-4,7-10,17H,2,5-6,11H2,(H2,20,21,24,31). The molecule has 1 aliphatic rings. The molecule has 31 heavy (non-hydrogen) atoms. The van der Waals surface area contributed by atoms with Crippen molar-refractivity contribution >= 4 is 40.3 Å². The lowest BCUT2D eigenvalue weighted by Gasteiger charge is -2.13. The second-order valence-corrected chi connectivity index (χ2v) is 7.04. The largest absolute Gasteiger partial charge is 0.491 e. The number of rotatable bonds is 7. The van der Waals surface area contributed by atoms with Crippen LogP contribution in [0.4, 0.5) is 17.1 Å². The van der Waals surface area contributed by atoms with Crippen LogP contribution in [-0.4, -0.2) is 40.2 Å². The molecule has 1 heterocycles. The summed E-state index contributed by atoms with van der Waals surface area (Å²) >= 11 is 5.10. The van der Waals surface area contributed by atoms with Gasteiger partial charge in [-0.15, -0.1) is 0 Å². The van der Waals surface area contributed by atoms with E-state index in [0.29, 0.717) is 18.0 Å². The molecule has 0 radical (unpaired) electrons. The van der Waals surface area contributed by atoms with Crippen molar-refractivity contribution in [2.24, 2.45) is 0 Å². The minimum atomic E-state index is -0.824. The number of hydrogen-bond donors (Lipinski definition) is 2. The second-order valence-electron chi connectivity index (χ2n) is 6.63. The summed E-state index contributed by atoms with van der Waals surface area (Å²) in [6, 6.07) is 9.54. The van der Waals surface area contributed by atoms with E-state index in [2.05, 4.69) is 10.6 Å². The molecule has 0 saturated carbocycles. The van der Waals surface area contributed by atoms with Gasteiger partial charge in [0, 0.05) is 30.5 Å². The summed E-state index contributed by atoms with van der Waals surface area (Å²) in [5, 5.41) is 27.0. The molecular formula is C19H18N4O7S. The maximum Gasteiger partial charge on any atom is 0.277 e. The van der Waals surface area contributed by atoms with Crippen molar-refractivity contribution in [3.63, 3.8) is 0 Å². The number of nitro groups is 2. The van der Waals surface area contributed by atoms with Crippen LogP contribution in [0, 0.1) is 20.2 Å². The van der Waals surface area contributed by atoms with Crippen LogP contribution < -0.4 is 15.4 Å². The highest BCUT2D eigenvalue weighted by atomic mass is 32.1. The molecule has 1 saturated heterocycles. The number of carbonyl (C=O) groups excluding carboxylic acids is 1. The van der Waals surface area contributed by atoms with Crippen molar-refractivity contribution in [1.29, 1.82) is 0 Å². The first-order valence-corrected chi connectivity index (χ1v) is 9.63. The molecular weight excluding hydrogens is 428 g/mol. The molecule has 0 aromatic heterocycles. The minimum absolute atomic E-state index is 0.0657. The van der Waals surface area contributed by atoms with E-state index in [9.17, 15) is 25.0 Å². The molecule has 2 aromatic rings. The van der Waals surface area contributed by atoms with Gasteiger partial charge >= 0.3 is 0 Å². The molecule has 1 aliphatic heterocycles. The number of anilines is 1. The Hall–Kier alpha value is -3.64. The van der Waals surface area contributed by atoms with E-state index in [4.69, 9.17) is 21.7 Å². The smallest absolute Gasteiger partial charge is 0.277 e. The third kappa shape index (κ3) is 6.17. The molecule has 11 nitrogen and oxygen atoms in total. The zero-order valence-electron chi connectivity index (χ0n) is 16.1. The van der Waals surface area contributed by atoms with Crippen molar-refractivity contribution in [3.05, 3.63) is 68.3 Å². The second kappa shape index (κ2) is 9.91. The highest BCUT2D eigenvalue weighted by Crippen LogP contribution is 2.23. The molecule has 0 bridgehead atoms. The number of nitro benzene ring substituents is 2. The summed E-state index contributed by atoms with van der Waals surface area (Å²) < 4.78 is 11.2. The molecule has 2 aromatic carbocycles. The van der Waals surface area contributed by atoms with Crippen molar-refractivity contribution in [3.8, 4) is 5.75 Å². The fourth-order valence-electron chi connectivity index (χ4n) is 2.90. The van der Waals surface area contributed by atoms with Gasteiger partial charge in [0.25, 0.3) is 17.3 Å². The predicted octanol–water partition coefficient (Wildman–Crippen LogP) is 3.19. The first-order valence-electron chi connectivity index (χ1n) is 9.22. The van der Waals surface area contributed by atoms with Gasteiger partial charge in [-0.2, -0.15) is 0 Å². The predicted molar refractivity (Wildman–Crippen MR) is 114 cm³/mol. The van der Waals surface area contributed by atoms with E-state index >= 15 is 0 Å². The molecule has 1 unspecified atom stereocenters. The number of non-ortho nitro benzene ring substituents is 2. The van der Waals surface area contributed by atoms with E-state index in [0.717, 1.165) is 37.6 Å². The molecule has 0 aliphatic carbocycles. The van der Waals surface area contributed by atoms with Gasteiger partial charge in [-0.05, 0) is 37.2 Å². The van der Waals surface area contributed by atoms with E-state index in [1.54, 1.807) is 24.3 Å². The number of amides is 1. The van der Waals surface area contributed by atoms with Crippen LogP contribution in [-0.2, 0) is 4.74 Å². The van der Waals surface area contributed by atoms with Gasteiger partial charge in [0.05, 0.1) is 27.6 Å². The van der Waals surface area contributed by atoms with Crippen molar-refractivity contribution < 1.29 is 24.1 Å². The van der Waals surface area contributed by atoms with Crippen molar-refractivity contribution in [2.45, 2.75) is 18.9 Å². The molecule has 12 heteroatoms. The van der Waals surface area contributed by atoms with Gasteiger partial charge in [0.15, 0.2) is 5.11 Å². The number of ether oxygens (including phenoxy) is 2. The molecule has 0 spiro atoms. The number of nitrogens with zero attached hydrogens (tertiary/aromatic N) is 2. The lowest BCUT2D eigenvalue weighted by molar-refractivity contribution is -0.394. The normalized spacial score (nSPS) is 15.2. The van der Waals surface area contributed by atoms with Gasteiger partial charge in [0.2, 0.25) is 0 Å². The Kier molecular flexibility index (Phi) is 7.05. The molecule has 162 valence electrons. The molecule has 3 rings (SSSR count). The number of hydrogen-bond acceptors (Lipinski definition) is 8. The zero-order valence-corrected chi connectivity index (χ0v) is 16.9. The summed E-state index contributed by atoms with van der Waals surface area (Å²) in [6.07, 6.45) is 2.03. The highest BCUT2D eigenvalue weighted by molar-refractivity contribution is 7.80. The van der Waals surface area contributed by atoms with Crippen LogP contribution in [0.5, 0.6) is 5.75 Å². The van der Waals surface area contributed by atoms with E-state index in [1.807, 2.05) is 0 Å². The summed E-state index contributed by atoms with van der Waals surface area (Å²) in [7, 11) is 0.